The fourth-order valence-corrected chi connectivity index (χ4v) is 3.38. The summed E-state index contributed by atoms with van der Waals surface area (Å²) in [5.41, 5.74) is 3.50. The fourth-order valence-electron chi connectivity index (χ4n) is 1.66. The van der Waals surface area contributed by atoms with Crippen molar-refractivity contribution in [3.8, 4) is 5.75 Å². The zero-order valence-electron chi connectivity index (χ0n) is 10.7. The summed E-state index contributed by atoms with van der Waals surface area (Å²) in [5.74, 6) is 5.50. The van der Waals surface area contributed by atoms with Crippen LogP contribution in [0.4, 0.5) is 0 Å². The summed E-state index contributed by atoms with van der Waals surface area (Å²) in [6.45, 7) is 0.367. The molecule has 3 N–H and O–H groups in total. The van der Waals surface area contributed by atoms with Gasteiger partial charge >= 0.3 is 0 Å². The van der Waals surface area contributed by atoms with E-state index in [1.165, 1.54) is 0 Å². The number of hydrogen-bond acceptors (Lipinski definition) is 3. The summed E-state index contributed by atoms with van der Waals surface area (Å²) >= 11 is 10.3. The summed E-state index contributed by atoms with van der Waals surface area (Å²) in [5, 5.41) is 0. The first-order valence-electron chi connectivity index (χ1n) is 5.89. The van der Waals surface area contributed by atoms with Gasteiger partial charge in [-0.25, -0.2) is 5.84 Å². The summed E-state index contributed by atoms with van der Waals surface area (Å²) in [4.78, 5) is 11.4. The van der Waals surface area contributed by atoms with Crippen LogP contribution in [-0.4, -0.2) is 5.91 Å². The number of hydrazine groups is 1. The summed E-state index contributed by atoms with van der Waals surface area (Å²) in [6, 6.07) is 10.9. The normalized spacial score (nSPS) is 10.3. The number of carbonyl (C=O) groups is 1. The average Bonchev–Trinajstić information content (AvgIpc) is 2.47. The first kappa shape index (κ1) is 16.5. The Bertz CT molecular complexity index is 657. The third kappa shape index (κ3) is 4.06. The summed E-state index contributed by atoms with van der Waals surface area (Å²) in [6.07, 6.45) is 0. The number of nitrogens with one attached hydrogen (secondary N) is 1. The Kier molecular flexibility index (Phi) is 5.80. The number of nitrogen functional groups attached to an aromatic ring is 1. The maximum atomic E-state index is 11.4. The number of para-hydroxylation sites is 1. The van der Waals surface area contributed by atoms with E-state index >= 15 is 0 Å². The number of hydrogen-bond donors (Lipinski definition) is 2. The molecule has 2 rings (SSSR count). The van der Waals surface area contributed by atoms with Crippen molar-refractivity contribution in [2.24, 2.45) is 5.84 Å². The van der Waals surface area contributed by atoms with Gasteiger partial charge in [-0.05, 0) is 56.1 Å². The lowest BCUT2D eigenvalue weighted by molar-refractivity contribution is 0.0953. The van der Waals surface area contributed by atoms with Crippen LogP contribution in [0, 0.1) is 0 Å². The Labute approximate surface area is 147 Å². The van der Waals surface area contributed by atoms with Crippen LogP contribution < -0.4 is 16.0 Å². The van der Waals surface area contributed by atoms with Crippen LogP contribution in [0.5, 0.6) is 5.75 Å². The van der Waals surface area contributed by atoms with Crippen LogP contribution in [-0.2, 0) is 6.61 Å². The van der Waals surface area contributed by atoms with E-state index in [9.17, 15) is 4.79 Å². The van der Waals surface area contributed by atoms with Crippen molar-refractivity contribution in [3.05, 3.63) is 60.9 Å². The molecule has 0 heterocycles. The van der Waals surface area contributed by atoms with Gasteiger partial charge in [-0.1, -0.05) is 28.1 Å². The van der Waals surface area contributed by atoms with Gasteiger partial charge in [0.1, 0.15) is 12.4 Å². The monoisotopic (exact) mass is 476 g/mol. The van der Waals surface area contributed by atoms with E-state index < -0.39 is 0 Å². The Morgan fingerprint density at radius 1 is 1.10 bits per heavy atom. The third-order valence-electron chi connectivity index (χ3n) is 2.74. The molecule has 0 aliphatic heterocycles. The molecular weight excluding hydrogens is 468 g/mol. The zero-order valence-corrected chi connectivity index (χ0v) is 15.5. The molecule has 2 aromatic carbocycles. The highest BCUT2D eigenvalue weighted by molar-refractivity contribution is 9.11. The van der Waals surface area contributed by atoms with Gasteiger partial charge in [0.2, 0.25) is 0 Å². The maximum absolute atomic E-state index is 11.4. The van der Waals surface area contributed by atoms with Crippen molar-refractivity contribution in [2.75, 3.05) is 0 Å². The van der Waals surface area contributed by atoms with Crippen molar-refractivity contribution in [1.29, 1.82) is 0 Å². The molecule has 0 saturated heterocycles. The molecule has 0 saturated carbocycles. The zero-order chi connectivity index (χ0) is 15.4. The molecule has 0 bridgehead atoms. The first-order chi connectivity index (χ1) is 10.0. The molecule has 0 aliphatic carbocycles. The third-order valence-corrected chi connectivity index (χ3v) is 4.72. The molecule has 4 nitrogen and oxygen atoms in total. The summed E-state index contributed by atoms with van der Waals surface area (Å²) < 4.78 is 8.33. The molecule has 0 aromatic heterocycles. The number of benzene rings is 2. The van der Waals surface area contributed by atoms with Gasteiger partial charge in [-0.3, -0.25) is 10.2 Å². The molecular formula is C14H11Br3N2O2. The van der Waals surface area contributed by atoms with Gasteiger partial charge in [0.25, 0.3) is 5.91 Å². The smallest absolute Gasteiger partial charge is 0.265 e. The molecule has 21 heavy (non-hydrogen) atoms. The SMILES string of the molecule is NNC(=O)c1ccc(COc2c(Br)cccc2Br)c(Br)c1. The molecule has 0 aliphatic rings. The van der Waals surface area contributed by atoms with Crippen LogP contribution in [0.1, 0.15) is 15.9 Å². The highest BCUT2D eigenvalue weighted by Crippen LogP contribution is 2.34. The van der Waals surface area contributed by atoms with E-state index in [4.69, 9.17) is 10.6 Å². The molecule has 0 unspecified atom stereocenters. The van der Waals surface area contributed by atoms with E-state index in [-0.39, 0.29) is 5.91 Å². The Hall–Kier alpha value is -0.890. The number of amides is 1. The van der Waals surface area contributed by atoms with Gasteiger partial charge in [0.05, 0.1) is 8.95 Å². The van der Waals surface area contributed by atoms with Crippen molar-refractivity contribution < 1.29 is 9.53 Å². The molecule has 0 spiro atoms. The lowest BCUT2D eigenvalue weighted by Crippen LogP contribution is -2.29. The molecule has 2 aromatic rings. The van der Waals surface area contributed by atoms with E-state index in [1.807, 2.05) is 24.3 Å². The predicted molar refractivity (Wildman–Crippen MR) is 92.0 cm³/mol. The second kappa shape index (κ2) is 7.40. The Morgan fingerprint density at radius 2 is 1.76 bits per heavy atom. The standard InChI is InChI=1S/C14H11Br3N2O2/c15-10-2-1-3-11(16)13(10)21-7-9-5-4-8(6-12(9)17)14(20)19-18/h1-6H,7,18H2,(H,19,20). The second-order valence-corrected chi connectivity index (χ2v) is 6.68. The van der Waals surface area contributed by atoms with E-state index in [0.29, 0.717) is 12.2 Å². The van der Waals surface area contributed by atoms with Crippen molar-refractivity contribution >= 4 is 53.7 Å². The lowest BCUT2D eigenvalue weighted by Gasteiger charge is -2.12. The van der Waals surface area contributed by atoms with Gasteiger partial charge in [-0.2, -0.15) is 0 Å². The summed E-state index contributed by atoms with van der Waals surface area (Å²) in [7, 11) is 0. The minimum atomic E-state index is -0.336. The quantitative estimate of drug-likeness (QED) is 0.394. The maximum Gasteiger partial charge on any atom is 0.265 e. The minimum Gasteiger partial charge on any atom is -0.486 e. The van der Waals surface area contributed by atoms with Crippen LogP contribution in [0.3, 0.4) is 0 Å². The number of nitrogens with two attached hydrogens (primary N) is 1. The van der Waals surface area contributed by atoms with Gasteiger partial charge in [-0.15, -0.1) is 0 Å². The van der Waals surface area contributed by atoms with E-state index in [2.05, 4.69) is 53.2 Å². The average molecular weight is 479 g/mol. The van der Waals surface area contributed by atoms with Gasteiger partial charge in [0, 0.05) is 15.6 Å². The van der Waals surface area contributed by atoms with Crippen LogP contribution in [0.2, 0.25) is 0 Å². The number of ether oxygens (including phenoxy) is 1. The van der Waals surface area contributed by atoms with Crippen molar-refractivity contribution in [1.82, 2.24) is 5.43 Å². The molecule has 0 fully saturated rings. The van der Waals surface area contributed by atoms with Crippen molar-refractivity contribution in [3.63, 3.8) is 0 Å². The minimum absolute atomic E-state index is 0.336. The molecule has 1 amide bonds. The Morgan fingerprint density at radius 3 is 2.33 bits per heavy atom. The molecule has 0 atom stereocenters. The highest BCUT2D eigenvalue weighted by Gasteiger charge is 2.10. The molecule has 7 heteroatoms. The van der Waals surface area contributed by atoms with Crippen molar-refractivity contribution in [2.45, 2.75) is 6.61 Å². The molecule has 110 valence electrons. The molecule has 0 radical (unpaired) electrons. The topological polar surface area (TPSA) is 64.3 Å². The largest absolute Gasteiger partial charge is 0.486 e. The van der Waals surface area contributed by atoms with Gasteiger partial charge in [0.15, 0.2) is 0 Å². The van der Waals surface area contributed by atoms with Gasteiger partial charge < -0.3 is 4.74 Å². The van der Waals surface area contributed by atoms with Crippen LogP contribution in [0.15, 0.2) is 49.8 Å². The number of rotatable bonds is 4. The fraction of sp³-hybridized carbons (Fsp3) is 0.0714. The first-order valence-corrected chi connectivity index (χ1v) is 8.27. The van der Waals surface area contributed by atoms with Crippen LogP contribution >= 0.6 is 47.8 Å². The number of carbonyl (C=O) groups excluding carboxylic acids is 1. The predicted octanol–water partition coefficient (Wildman–Crippen LogP) is 4.16. The number of halogens is 3. The second-order valence-electron chi connectivity index (χ2n) is 4.12. The van der Waals surface area contributed by atoms with E-state index in [0.717, 1.165) is 24.7 Å². The van der Waals surface area contributed by atoms with E-state index in [1.54, 1.807) is 12.1 Å². The lowest BCUT2D eigenvalue weighted by atomic mass is 10.1. The Balaban J connectivity index is 2.16. The van der Waals surface area contributed by atoms with Crippen LogP contribution in [0.25, 0.3) is 0 Å². The highest BCUT2D eigenvalue weighted by atomic mass is 79.9.